The molecule has 154 valence electrons. The van der Waals surface area contributed by atoms with E-state index in [0.717, 1.165) is 35.6 Å². The van der Waals surface area contributed by atoms with Gasteiger partial charge in [0.25, 0.3) is 5.69 Å². The molecule has 29 heavy (non-hydrogen) atoms. The third-order valence-electron chi connectivity index (χ3n) is 4.98. The smallest absolute Gasteiger partial charge is 0.271 e. The van der Waals surface area contributed by atoms with E-state index in [2.05, 4.69) is 10.5 Å². The molecule has 0 aliphatic carbocycles. The average molecular weight is 417 g/mol. The minimum absolute atomic E-state index is 0.0771. The highest BCUT2D eigenvalue weighted by Gasteiger charge is 2.29. The van der Waals surface area contributed by atoms with E-state index in [1.807, 2.05) is 39.0 Å². The maximum Gasteiger partial charge on any atom is 0.295 e. The zero-order chi connectivity index (χ0) is 21.2. The van der Waals surface area contributed by atoms with Crippen molar-refractivity contribution in [3.8, 4) is 0 Å². The van der Waals surface area contributed by atoms with Crippen LogP contribution < -0.4 is 5.43 Å². The number of nitro groups is 1. The van der Waals surface area contributed by atoms with E-state index in [9.17, 15) is 18.5 Å². The lowest BCUT2D eigenvalue weighted by Gasteiger charge is -2.15. The van der Waals surface area contributed by atoms with Crippen LogP contribution in [-0.4, -0.2) is 36.4 Å². The maximum absolute atomic E-state index is 12.7. The fourth-order valence-electron chi connectivity index (χ4n) is 3.42. The van der Waals surface area contributed by atoms with Crippen molar-refractivity contribution in [2.45, 2.75) is 38.5 Å². The quantitative estimate of drug-likeness (QED) is 0.438. The number of hydrogen-bond acceptors (Lipinski definition) is 6. The first-order valence-electron chi connectivity index (χ1n) is 9.36. The molecule has 1 N–H and O–H groups in total. The number of nitrogens with zero attached hydrogens (tertiary/aromatic N) is 3. The summed E-state index contributed by atoms with van der Waals surface area (Å²) in [5.41, 5.74) is 6.32. The molecule has 0 spiro atoms. The first-order chi connectivity index (χ1) is 13.7. The van der Waals surface area contributed by atoms with Gasteiger partial charge in [-0.3, -0.25) is 15.5 Å². The Morgan fingerprint density at radius 1 is 1.14 bits per heavy atom. The Morgan fingerprint density at radius 3 is 2.45 bits per heavy atom. The van der Waals surface area contributed by atoms with Crippen LogP contribution in [0.3, 0.4) is 0 Å². The molecule has 1 fully saturated rings. The number of benzene rings is 2. The molecule has 1 saturated heterocycles. The first-order valence-corrected chi connectivity index (χ1v) is 10.8. The van der Waals surface area contributed by atoms with Gasteiger partial charge >= 0.3 is 0 Å². The SMILES string of the molecule is C/C(=N/Nc1ccc(S(=O)(=O)N2CCCC2)cc1[N+](=O)[O-])c1ccc(C)cc1C. The minimum Gasteiger partial charge on any atom is -0.271 e. The van der Waals surface area contributed by atoms with Crippen LogP contribution in [0.15, 0.2) is 46.4 Å². The van der Waals surface area contributed by atoms with E-state index in [4.69, 9.17) is 0 Å². The summed E-state index contributed by atoms with van der Waals surface area (Å²) in [6.07, 6.45) is 1.60. The van der Waals surface area contributed by atoms with Crippen molar-refractivity contribution in [2.75, 3.05) is 18.5 Å². The summed E-state index contributed by atoms with van der Waals surface area (Å²) in [6.45, 7) is 6.66. The Hall–Kier alpha value is -2.78. The second-order valence-corrected chi connectivity index (χ2v) is 9.11. The number of nitrogens with one attached hydrogen (secondary N) is 1. The van der Waals surface area contributed by atoms with Gasteiger partial charge in [0, 0.05) is 24.7 Å². The van der Waals surface area contributed by atoms with Gasteiger partial charge in [-0.15, -0.1) is 0 Å². The average Bonchev–Trinajstić information content (AvgIpc) is 3.21. The molecule has 3 rings (SSSR count). The van der Waals surface area contributed by atoms with Gasteiger partial charge in [-0.2, -0.15) is 9.41 Å². The van der Waals surface area contributed by atoms with Crippen LogP contribution in [0.1, 0.15) is 36.5 Å². The maximum atomic E-state index is 12.7. The van der Waals surface area contributed by atoms with Crippen molar-refractivity contribution in [1.82, 2.24) is 4.31 Å². The number of aryl methyl sites for hydroxylation is 2. The predicted octanol–water partition coefficient (Wildman–Crippen LogP) is 3.83. The van der Waals surface area contributed by atoms with Gasteiger partial charge in [-0.1, -0.05) is 23.8 Å². The molecule has 0 amide bonds. The number of anilines is 1. The molecule has 0 bridgehead atoms. The highest BCUT2D eigenvalue weighted by molar-refractivity contribution is 7.89. The Bertz CT molecular complexity index is 1070. The van der Waals surface area contributed by atoms with Crippen LogP contribution in [-0.2, 0) is 10.0 Å². The van der Waals surface area contributed by atoms with Crippen LogP contribution in [0, 0.1) is 24.0 Å². The standard InChI is InChI=1S/C20H24N4O4S/c1-14-6-8-18(15(2)12-14)16(3)21-22-19-9-7-17(13-20(19)24(25)26)29(27,28)23-10-4-5-11-23/h6-9,12-13,22H,4-5,10-11H2,1-3H3/b21-16-. The van der Waals surface area contributed by atoms with Gasteiger partial charge in [-0.05, 0) is 51.3 Å². The van der Waals surface area contributed by atoms with Crippen molar-refractivity contribution in [3.63, 3.8) is 0 Å². The summed E-state index contributed by atoms with van der Waals surface area (Å²) < 4.78 is 26.7. The molecule has 0 unspecified atom stereocenters. The molecule has 0 aromatic heterocycles. The largest absolute Gasteiger partial charge is 0.295 e. The molecule has 0 radical (unpaired) electrons. The third kappa shape index (κ3) is 4.46. The van der Waals surface area contributed by atoms with Crippen LogP contribution in [0.25, 0.3) is 0 Å². The van der Waals surface area contributed by atoms with E-state index in [1.165, 1.54) is 16.4 Å². The van der Waals surface area contributed by atoms with Crippen molar-refractivity contribution in [3.05, 3.63) is 63.2 Å². The molecule has 0 saturated carbocycles. The van der Waals surface area contributed by atoms with Gasteiger partial charge in [-0.25, -0.2) is 8.42 Å². The molecule has 1 aliphatic heterocycles. The number of hydrogen-bond donors (Lipinski definition) is 1. The highest BCUT2D eigenvalue weighted by Crippen LogP contribution is 2.30. The Balaban J connectivity index is 1.90. The second-order valence-electron chi connectivity index (χ2n) is 7.17. The predicted molar refractivity (Wildman–Crippen MR) is 113 cm³/mol. The lowest BCUT2D eigenvalue weighted by atomic mass is 10.0. The summed E-state index contributed by atoms with van der Waals surface area (Å²) >= 11 is 0. The fourth-order valence-corrected chi connectivity index (χ4v) is 4.96. The lowest BCUT2D eigenvalue weighted by molar-refractivity contribution is -0.384. The van der Waals surface area contributed by atoms with E-state index < -0.39 is 14.9 Å². The van der Waals surface area contributed by atoms with E-state index >= 15 is 0 Å². The second kappa shape index (κ2) is 8.30. The van der Waals surface area contributed by atoms with E-state index in [-0.39, 0.29) is 16.3 Å². The zero-order valence-electron chi connectivity index (χ0n) is 16.7. The molecule has 0 atom stereocenters. The van der Waals surface area contributed by atoms with Crippen molar-refractivity contribution >= 4 is 27.1 Å². The zero-order valence-corrected chi connectivity index (χ0v) is 17.5. The van der Waals surface area contributed by atoms with Crippen LogP contribution >= 0.6 is 0 Å². The highest BCUT2D eigenvalue weighted by atomic mass is 32.2. The lowest BCUT2D eigenvalue weighted by Crippen LogP contribution is -2.27. The molecule has 2 aromatic rings. The van der Waals surface area contributed by atoms with E-state index in [0.29, 0.717) is 18.8 Å². The Morgan fingerprint density at radius 2 is 1.83 bits per heavy atom. The molecular formula is C20H24N4O4S. The van der Waals surface area contributed by atoms with Gasteiger partial charge in [0.1, 0.15) is 5.69 Å². The van der Waals surface area contributed by atoms with E-state index in [1.54, 1.807) is 0 Å². The number of nitro benzene ring substituents is 1. The van der Waals surface area contributed by atoms with Gasteiger partial charge in [0.15, 0.2) is 0 Å². The number of hydrazone groups is 1. The van der Waals surface area contributed by atoms with Crippen LogP contribution in [0.4, 0.5) is 11.4 Å². The van der Waals surface area contributed by atoms with Gasteiger partial charge in [0.05, 0.1) is 15.5 Å². The summed E-state index contributed by atoms with van der Waals surface area (Å²) in [7, 11) is -3.73. The Kier molecular flexibility index (Phi) is 5.99. The molecule has 1 heterocycles. The third-order valence-corrected chi connectivity index (χ3v) is 6.88. The number of sulfonamides is 1. The van der Waals surface area contributed by atoms with Crippen LogP contribution in [0.5, 0.6) is 0 Å². The van der Waals surface area contributed by atoms with Gasteiger partial charge in [0.2, 0.25) is 10.0 Å². The molecule has 8 nitrogen and oxygen atoms in total. The summed E-state index contributed by atoms with van der Waals surface area (Å²) in [5, 5.41) is 15.8. The van der Waals surface area contributed by atoms with Crippen LogP contribution in [0.2, 0.25) is 0 Å². The molecular weight excluding hydrogens is 392 g/mol. The normalized spacial score (nSPS) is 15.5. The van der Waals surface area contributed by atoms with Crippen molar-refractivity contribution < 1.29 is 13.3 Å². The first kappa shape index (κ1) is 20.9. The fraction of sp³-hybridized carbons (Fsp3) is 0.350. The number of rotatable bonds is 6. The Labute approximate surface area is 170 Å². The van der Waals surface area contributed by atoms with Gasteiger partial charge < -0.3 is 0 Å². The monoisotopic (exact) mass is 416 g/mol. The summed E-state index contributed by atoms with van der Waals surface area (Å²) in [5.74, 6) is 0. The van der Waals surface area contributed by atoms with Crippen molar-refractivity contribution in [1.29, 1.82) is 0 Å². The van der Waals surface area contributed by atoms with Crippen molar-refractivity contribution in [2.24, 2.45) is 5.10 Å². The molecule has 2 aromatic carbocycles. The molecule has 9 heteroatoms. The minimum atomic E-state index is -3.73. The summed E-state index contributed by atoms with van der Waals surface area (Å²) in [4.78, 5) is 10.9. The topological polar surface area (TPSA) is 105 Å². The summed E-state index contributed by atoms with van der Waals surface area (Å²) in [6, 6.07) is 9.82. The molecule has 1 aliphatic rings.